The van der Waals surface area contributed by atoms with Gasteiger partial charge < -0.3 is 10.3 Å². The maximum absolute atomic E-state index is 12.5. The number of hydrogen-bond acceptors (Lipinski definition) is 2. The van der Waals surface area contributed by atoms with Crippen LogP contribution in [-0.4, -0.2) is 16.7 Å². The van der Waals surface area contributed by atoms with Gasteiger partial charge in [-0.1, -0.05) is 30.3 Å². The average molecular weight is 292 g/mol. The first-order valence-electron chi connectivity index (χ1n) is 7.06. The highest BCUT2D eigenvalue weighted by Gasteiger charge is 2.22. The summed E-state index contributed by atoms with van der Waals surface area (Å²) in [6.07, 6.45) is 0. The van der Waals surface area contributed by atoms with E-state index in [2.05, 4.69) is 10.3 Å². The number of nitrogens with one attached hydrogen (secondary N) is 2. The Bertz CT molecular complexity index is 878. The van der Waals surface area contributed by atoms with E-state index in [-0.39, 0.29) is 0 Å². The van der Waals surface area contributed by atoms with Crippen molar-refractivity contribution in [2.75, 3.05) is 5.32 Å². The number of Topliss-reactive ketones (excluding diaryl/α,β-unsaturated/α-hetero) is 1. The first-order valence-corrected chi connectivity index (χ1v) is 7.06. The lowest BCUT2D eigenvalue weighted by Crippen LogP contribution is -2.23. The zero-order valence-electron chi connectivity index (χ0n) is 12.4. The molecule has 0 radical (unpaired) electrons. The molecule has 0 aliphatic heterocycles. The number of fused-ring (bicyclic) bond motifs is 1. The van der Waals surface area contributed by atoms with Crippen LogP contribution in [0.2, 0.25) is 0 Å². The van der Waals surface area contributed by atoms with Crippen LogP contribution in [0, 0.1) is 13.8 Å². The summed E-state index contributed by atoms with van der Waals surface area (Å²) in [5.41, 5.74) is 3.63. The Hall–Kier alpha value is -2.88. The molecule has 22 heavy (non-hydrogen) atoms. The van der Waals surface area contributed by atoms with Gasteiger partial charge in [0.25, 0.3) is 11.7 Å². The molecule has 0 fully saturated rings. The van der Waals surface area contributed by atoms with Gasteiger partial charge in [0.2, 0.25) is 0 Å². The Labute approximate surface area is 128 Å². The number of amides is 1. The van der Waals surface area contributed by atoms with Crippen LogP contribution in [0.1, 0.15) is 21.6 Å². The minimum absolute atomic E-state index is 0.431. The smallest absolute Gasteiger partial charge is 0.296 e. The van der Waals surface area contributed by atoms with Crippen molar-refractivity contribution in [3.8, 4) is 0 Å². The second kappa shape index (κ2) is 5.48. The zero-order valence-corrected chi connectivity index (χ0v) is 12.4. The van der Waals surface area contributed by atoms with Crippen molar-refractivity contribution in [2.24, 2.45) is 0 Å². The molecule has 3 aromatic rings. The van der Waals surface area contributed by atoms with Crippen LogP contribution in [0.5, 0.6) is 0 Å². The van der Waals surface area contributed by atoms with Gasteiger partial charge in [0, 0.05) is 22.3 Å². The van der Waals surface area contributed by atoms with Crippen molar-refractivity contribution in [1.29, 1.82) is 0 Å². The molecule has 1 aromatic heterocycles. The molecule has 1 heterocycles. The van der Waals surface area contributed by atoms with E-state index in [0.29, 0.717) is 16.9 Å². The van der Waals surface area contributed by atoms with Crippen molar-refractivity contribution in [2.45, 2.75) is 13.8 Å². The minimum atomic E-state index is -0.626. The number of aryl methyl sites for hydroxylation is 2. The zero-order chi connectivity index (χ0) is 15.7. The lowest BCUT2D eigenvalue weighted by Gasteiger charge is -2.05. The summed E-state index contributed by atoms with van der Waals surface area (Å²) in [7, 11) is 0. The molecular weight excluding hydrogens is 276 g/mol. The summed E-state index contributed by atoms with van der Waals surface area (Å²) in [5.74, 6) is -1.16. The van der Waals surface area contributed by atoms with Crippen LogP contribution in [0.15, 0.2) is 48.5 Å². The highest BCUT2D eigenvalue weighted by atomic mass is 16.2. The molecule has 0 saturated heterocycles. The van der Waals surface area contributed by atoms with Crippen molar-refractivity contribution in [3.05, 3.63) is 65.4 Å². The lowest BCUT2D eigenvalue weighted by molar-refractivity contribution is -0.112. The third-order valence-electron chi connectivity index (χ3n) is 3.60. The largest absolute Gasteiger partial charge is 0.358 e. The third-order valence-corrected chi connectivity index (χ3v) is 3.60. The van der Waals surface area contributed by atoms with Crippen LogP contribution in [0.25, 0.3) is 10.9 Å². The summed E-state index contributed by atoms with van der Waals surface area (Å²) in [6, 6.07) is 14.8. The number of rotatable bonds is 3. The van der Waals surface area contributed by atoms with Crippen LogP contribution < -0.4 is 5.32 Å². The van der Waals surface area contributed by atoms with Crippen LogP contribution in [-0.2, 0) is 4.79 Å². The molecule has 1 amide bonds. The van der Waals surface area contributed by atoms with E-state index in [4.69, 9.17) is 0 Å². The molecule has 0 aliphatic rings. The van der Waals surface area contributed by atoms with E-state index >= 15 is 0 Å². The Morgan fingerprint density at radius 1 is 1.00 bits per heavy atom. The van der Waals surface area contributed by atoms with Gasteiger partial charge in [-0.05, 0) is 37.6 Å². The standard InChI is InChI=1S/C18H16N2O2/c1-11-6-5-7-13(10-11)20-18(22)17(21)16-12(2)19-15-9-4-3-8-14(15)16/h3-10,19H,1-2H3,(H,20,22). The molecule has 2 aromatic carbocycles. The fourth-order valence-electron chi connectivity index (χ4n) is 2.59. The van der Waals surface area contributed by atoms with Gasteiger partial charge in [0.15, 0.2) is 0 Å². The number of hydrogen-bond donors (Lipinski definition) is 2. The fraction of sp³-hybridized carbons (Fsp3) is 0.111. The molecule has 3 rings (SSSR count). The predicted molar refractivity (Wildman–Crippen MR) is 87.2 cm³/mol. The second-order valence-corrected chi connectivity index (χ2v) is 5.32. The molecule has 0 bridgehead atoms. The molecule has 0 spiro atoms. The Morgan fingerprint density at radius 2 is 1.77 bits per heavy atom. The molecular formula is C18H16N2O2. The molecule has 2 N–H and O–H groups in total. The van der Waals surface area contributed by atoms with E-state index in [0.717, 1.165) is 16.5 Å². The molecule has 0 saturated carbocycles. The third kappa shape index (κ3) is 2.51. The van der Waals surface area contributed by atoms with Gasteiger partial charge in [-0.15, -0.1) is 0 Å². The Morgan fingerprint density at radius 3 is 2.55 bits per heavy atom. The number of benzene rings is 2. The van der Waals surface area contributed by atoms with Crippen molar-refractivity contribution in [1.82, 2.24) is 4.98 Å². The topological polar surface area (TPSA) is 62.0 Å². The fourth-order valence-corrected chi connectivity index (χ4v) is 2.59. The number of H-pyrrole nitrogens is 1. The monoisotopic (exact) mass is 292 g/mol. The molecule has 0 unspecified atom stereocenters. The van der Waals surface area contributed by atoms with Gasteiger partial charge in [-0.25, -0.2) is 0 Å². The highest BCUT2D eigenvalue weighted by Crippen LogP contribution is 2.22. The van der Waals surface area contributed by atoms with E-state index in [9.17, 15) is 9.59 Å². The first-order chi connectivity index (χ1) is 10.6. The van der Waals surface area contributed by atoms with E-state index in [1.54, 1.807) is 13.0 Å². The SMILES string of the molecule is Cc1cccc(NC(=O)C(=O)c2c(C)[nH]c3ccccc23)c1. The predicted octanol–water partition coefficient (Wildman–Crippen LogP) is 3.61. The summed E-state index contributed by atoms with van der Waals surface area (Å²) in [6.45, 7) is 3.73. The Balaban J connectivity index is 1.92. The molecule has 4 heteroatoms. The van der Waals surface area contributed by atoms with E-state index < -0.39 is 11.7 Å². The quantitative estimate of drug-likeness (QED) is 0.572. The molecule has 110 valence electrons. The van der Waals surface area contributed by atoms with Gasteiger partial charge in [-0.2, -0.15) is 0 Å². The number of para-hydroxylation sites is 1. The minimum Gasteiger partial charge on any atom is -0.358 e. The number of aromatic amines is 1. The summed E-state index contributed by atoms with van der Waals surface area (Å²) in [5, 5.41) is 3.43. The normalized spacial score (nSPS) is 10.6. The highest BCUT2D eigenvalue weighted by molar-refractivity contribution is 6.48. The number of ketones is 1. The molecule has 0 atom stereocenters. The maximum atomic E-state index is 12.5. The first kappa shape index (κ1) is 14.1. The Kier molecular flexibility index (Phi) is 3.51. The number of anilines is 1. The van der Waals surface area contributed by atoms with Crippen molar-refractivity contribution < 1.29 is 9.59 Å². The average Bonchev–Trinajstić information content (AvgIpc) is 2.82. The van der Waals surface area contributed by atoms with E-state index in [1.165, 1.54) is 0 Å². The molecule has 4 nitrogen and oxygen atoms in total. The van der Waals surface area contributed by atoms with Gasteiger partial charge in [0.1, 0.15) is 0 Å². The number of carbonyl (C=O) groups is 2. The van der Waals surface area contributed by atoms with Gasteiger partial charge in [0.05, 0.1) is 5.56 Å². The second-order valence-electron chi connectivity index (χ2n) is 5.32. The molecule has 0 aliphatic carbocycles. The van der Waals surface area contributed by atoms with E-state index in [1.807, 2.05) is 49.4 Å². The van der Waals surface area contributed by atoms with Crippen LogP contribution >= 0.6 is 0 Å². The van der Waals surface area contributed by atoms with Crippen LogP contribution in [0.3, 0.4) is 0 Å². The summed E-state index contributed by atoms with van der Waals surface area (Å²) in [4.78, 5) is 27.9. The van der Waals surface area contributed by atoms with Gasteiger partial charge >= 0.3 is 0 Å². The number of aromatic nitrogens is 1. The van der Waals surface area contributed by atoms with Crippen molar-refractivity contribution in [3.63, 3.8) is 0 Å². The maximum Gasteiger partial charge on any atom is 0.296 e. The summed E-state index contributed by atoms with van der Waals surface area (Å²) >= 11 is 0. The lowest BCUT2D eigenvalue weighted by atomic mass is 10.1. The van der Waals surface area contributed by atoms with Crippen LogP contribution in [0.4, 0.5) is 5.69 Å². The van der Waals surface area contributed by atoms with Gasteiger partial charge in [-0.3, -0.25) is 9.59 Å². The number of carbonyl (C=O) groups excluding carboxylic acids is 2. The van der Waals surface area contributed by atoms with Crippen molar-refractivity contribution >= 4 is 28.3 Å². The summed E-state index contributed by atoms with van der Waals surface area (Å²) < 4.78 is 0.